The second kappa shape index (κ2) is 8.84. The summed E-state index contributed by atoms with van der Waals surface area (Å²) in [5, 5.41) is 3.17. The molecule has 1 atom stereocenters. The SMILES string of the molecule is CC[C@@H](NC(=O)c1ccc(N(C)S(C)(=O)=O)cc1Cl)c1ccc(OC)c(C)c1. The summed E-state index contributed by atoms with van der Waals surface area (Å²) in [5.74, 6) is 0.470. The highest BCUT2D eigenvalue weighted by molar-refractivity contribution is 7.92. The first-order chi connectivity index (χ1) is 13.1. The van der Waals surface area contributed by atoms with Crippen molar-refractivity contribution in [1.82, 2.24) is 5.32 Å². The minimum absolute atomic E-state index is 0.186. The number of amides is 1. The fourth-order valence-corrected chi connectivity index (χ4v) is 3.61. The van der Waals surface area contributed by atoms with E-state index in [1.165, 1.54) is 19.2 Å². The Morgan fingerprint density at radius 1 is 1.25 bits per heavy atom. The number of halogens is 1. The molecule has 2 aromatic carbocycles. The van der Waals surface area contributed by atoms with Crippen molar-refractivity contribution in [3.63, 3.8) is 0 Å². The largest absolute Gasteiger partial charge is 0.496 e. The van der Waals surface area contributed by atoms with Gasteiger partial charge in [-0.2, -0.15) is 0 Å². The second-order valence-electron chi connectivity index (χ2n) is 6.56. The highest BCUT2D eigenvalue weighted by atomic mass is 35.5. The molecule has 2 aromatic rings. The predicted octanol–water partition coefficient (Wildman–Crippen LogP) is 3.93. The number of carbonyl (C=O) groups is 1. The van der Waals surface area contributed by atoms with Crippen LogP contribution in [-0.4, -0.2) is 34.7 Å². The lowest BCUT2D eigenvalue weighted by molar-refractivity contribution is 0.0935. The molecule has 0 fully saturated rings. The monoisotopic (exact) mass is 424 g/mol. The fourth-order valence-electron chi connectivity index (χ4n) is 2.85. The van der Waals surface area contributed by atoms with Gasteiger partial charge in [-0.15, -0.1) is 0 Å². The smallest absolute Gasteiger partial charge is 0.253 e. The Hall–Kier alpha value is -2.25. The Balaban J connectivity index is 2.24. The molecule has 1 amide bonds. The fraction of sp³-hybridized carbons (Fsp3) is 0.350. The first-order valence-corrected chi connectivity index (χ1v) is 11.0. The Kier molecular flexibility index (Phi) is 6.96. The van der Waals surface area contributed by atoms with Crippen molar-refractivity contribution < 1.29 is 17.9 Å². The van der Waals surface area contributed by atoms with Gasteiger partial charge in [-0.1, -0.05) is 30.7 Å². The van der Waals surface area contributed by atoms with Gasteiger partial charge < -0.3 is 10.1 Å². The molecule has 152 valence electrons. The zero-order valence-corrected chi connectivity index (χ0v) is 18.2. The summed E-state index contributed by atoms with van der Waals surface area (Å²) < 4.78 is 29.7. The second-order valence-corrected chi connectivity index (χ2v) is 8.98. The summed E-state index contributed by atoms with van der Waals surface area (Å²) in [6.07, 6.45) is 1.80. The molecule has 0 radical (unpaired) electrons. The lowest BCUT2D eigenvalue weighted by Gasteiger charge is -2.20. The van der Waals surface area contributed by atoms with Crippen LogP contribution in [0.2, 0.25) is 5.02 Å². The molecule has 0 aromatic heterocycles. The summed E-state index contributed by atoms with van der Waals surface area (Å²) in [4.78, 5) is 12.7. The number of rotatable bonds is 7. The van der Waals surface area contributed by atoms with Gasteiger partial charge in [-0.3, -0.25) is 9.10 Å². The summed E-state index contributed by atoms with van der Waals surface area (Å²) >= 11 is 6.26. The number of hydrogen-bond donors (Lipinski definition) is 1. The van der Waals surface area contributed by atoms with Crippen LogP contribution >= 0.6 is 11.6 Å². The van der Waals surface area contributed by atoms with Crippen molar-refractivity contribution in [3.8, 4) is 5.75 Å². The van der Waals surface area contributed by atoms with Gasteiger partial charge in [0.15, 0.2) is 0 Å². The van der Waals surface area contributed by atoms with E-state index in [0.29, 0.717) is 12.1 Å². The van der Waals surface area contributed by atoms with E-state index in [0.717, 1.165) is 27.4 Å². The number of methoxy groups -OCH3 is 1. The Morgan fingerprint density at radius 2 is 1.93 bits per heavy atom. The number of benzene rings is 2. The maximum Gasteiger partial charge on any atom is 0.253 e. The zero-order valence-electron chi connectivity index (χ0n) is 16.6. The maximum absolute atomic E-state index is 12.7. The number of nitrogens with one attached hydrogen (secondary N) is 1. The van der Waals surface area contributed by atoms with Crippen LogP contribution in [0.1, 0.15) is 40.9 Å². The third-order valence-corrected chi connectivity index (χ3v) is 6.11. The molecule has 0 saturated carbocycles. The van der Waals surface area contributed by atoms with Crippen molar-refractivity contribution in [3.05, 3.63) is 58.1 Å². The van der Waals surface area contributed by atoms with E-state index in [4.69, 9.17) is 16.3 Å². The lowest BCUT2D eigenvalue weighted by atomic mass is 10.0. The minimum atomic E-state index is -3.41. The van der Waals surface area contributed by atoms with Gasteiger partial charge in [0.05, 0.1) is 35.7 Å². The summed E-state index contributed by atoms with van der Waals surface area (Å²) in [5.41, 5.74) is 2.63. The zero-order chi connectivity index (χ0) is 21.1. The van der Waals surface area contributed by atoms with Crippen LogP contribution in [-0.2, 0) is 10.0 Å². The molecule has 28 heavy (non-hydrogen) atoms. The van der Waals surface area contributed by atoms with Gasteiger partial charge in [0, 0.05) is 7.05 Å². The highest BCUT2D eigenvalue weighted by Crippen LogP contribution is 2.27. The molecule has 0 aliphatic heterocycles. The molecular weight excluding hydrogens is 400 g/mol. The van der Waals surface area contributed by atoms with Gasteiger partial charge in [0.25, 0.3) is 5.91 Å². The number of nitrogens with zero attached hydrogens (tertiary/aromatic N) is 1. The lowest BCUT2D eigenvalue weighted by Crippen LogP contribution is -2.29. The van der Waals surface area contributed by atoms with E-state index in [1.807, 2.05) is 32.0 Å². The third kappa shape index (κ3) is 4.97. The van der Waals surface area contributed by atoms with Crippen LogP contribution in [0.5, 0.6) is 5.75 Å². The topological polar surface area (TPSA) is 75.7 Å². The van der Waals surface area contributed by atoms with Gasteiger partial charge in [0.2, 0.25) is 10.0 Å². The molecule has 0 aliphatic carbocycles. The number of sulfonamides is 1. The standard InChI is InChI=1S/C20H25ClN2O4S/c1-6-18(14-7-10-19(27-4)13(2)11-14)22-20(24)16-9-8-15(12-17(16)21)23(3)28(5,25)26/h7-12,18H,6H2,1-5H3,(H,22,24)/t18-/m1/s1. The predicted molar refractivity (Wildman–Crippen MR) is 113 cm³/mol. The van der Waals surface area contributed by atoms with Crippen molar-refractivity contribution in [2.75, 3.05) is 24.7 Å². The van der Waals surface area contributed by atoms with Gasteiger partial charge >= 0.3 is 0 Å². The van der Waals surface area contributed by atoms with Crippen LogP contribution in [0.3, 0.4) is 0 Å². The molecule has 0 unspecified atom stereocenters. The highest BCUT2D eigenvalue weighted by Gasteiger charge is 2.19. The van der Waals surface area contributed by atoms with E-state index in [2.05, 4.69) is 5.32 Å². The van der Waals surface area contributed by atoms with Crippen molar-refractivity contribution in [1.29, 1.82) is 0 Å². The minimum Gasteiger partial charge on any atom is -0.496 e. The summed E-state index contributed by atoms with van der Waals surface area (Å²) in [7, 11) is -0.361. The quantitative estimate of drug-likeness (QED) is 0.730. The first kappa shape index (κ1) is 22.0. The van der Waals surface area contributed by atoms with E-state index >= 15 is 0 Å². The van der Waals surface area contributed by atoms with Crippen LogP contribution in [0, 0.1) is 6.92 Å². The van der Waals surface area contributed by atoms with E-state index in [1.54, 1.807) is 13.2 Å². The van der Waals surface area contributed by atoms with Gasteiger partial charge in [0.1, 0.15) is 5.75 Å². The van der Waals surface area contributed by atoms with Crippen molar-refractivity contribution >= 4 is 33.2 Å². The molecule has 0 spiro atoms. The van der Waals surface area contributed by atoms with Gasteiger partial charge in [-0.25, -0.2) is 8.42 Å². The Bertz CT molecular complexity index is 976. The van der Waals surface area contributed by atoms with Crippen molar-refractivity contribution in [2.24, 2.45) is 0 Å². The van der Waals surface area contributed by atoms with Crippen LogP contribution in [0.15, 0.2) is 36.4 Å². The molecule has 0 saturated heterocycles. The molecular formula is C20H25ClN2O4S. The van der Waals surface area contributed by atoms with Crippen molar-refractivity contribution in [2.45, 2.75) is 26.3 Å². The van der Waals surface area contributed by atoms with Crippen LogP contribution < -0.4 is 14.4 Å². The number of hydrogen-bond acceptors (Lipinski definition) is 4. The summed E-state index contributed by atoms with van der Waals surface area (Å²) in [6, 6.07) is 10.1. The van der Waals surface area contributed by atoms with E-state index in [-0.39, 0.29) is 22.5 Å². The number of aryl methyl sites for hydroxylation is 1. The van der Waals surface area contributed by atoms with Gasteiger partial charge in [-0.05, 0) is 48.7 Å². The third-order valence-electron chi connectivity index (χ3n) is 4.59. The van der Waals surface area contributed by atoms with Crippen LogP contribution in [0.25, 0.3) is 0 Å². The van der Waals surface area contributed by atoms with E-state index in [9.17, 15) is 13.2 Å². The Labute approximate surface area is 171 Å². The summed E-state index contributed by atoms with van der Waals surface area (Å²) in [6.45, 7) is 3.93. The normalized spacial score (nSPS) is 12.4. The number of carbonyl (C=O) groups excluding carboxylic acids is 1. The molecule has 0 bridgehead atoms. The number of anilines is 1. The average molecular weight is 425 g/mol. The molecule has 8 heteroatoms. The maximum atomic E-state index is 12.7. The number of ether oxygens (including phenoxy) is 1. The Morgan fingerprint density at radius 3 is 2.43 bits per heavy atom. The van der Waals surface area contributed by atoms with Crippen LogP contribution in [0.4, 0.5) is 5.69 Å². The molecule has 1 N–H and O–H groups in total. The average Bonchev–Trinajstić information content (AvgIpc) is 2.64. The molecule has 6 nitrogen and oxygen atoms in total. The molecule has 2 rings (SSSR count). The first-order valence-electron chi connectivity index (χ1n) is 8.77. The van der Waals surface area contributed by atoms with E-state index < -0.39 is 10.0 Å². The molecule has 0 heterocycles. The molecule has 0 aliphatic rings.